The average Bonchev–Trinajstić information content (AvgIpc) is 2.17. The van der Waals surface area contributed by atoms with Crippen LogP contribution in [0.4, 0.5) is 0 Å². The molecule has 0 amide bonds. The number of hydrogen-bond donors (Lipinski definition) is 2. The second kappa shape index (κ2) is 9.11. The molecule has 0 heterocycles. The van der Waals surface area contributed by atoms with Gasteiger partial charge in [0.15, 0.2) is 0 Å². The molecule has 13 heavy (non-hydrogen) atoms. The summed E-state index contributed by atoms with van der Waals surface area (Å²) in [6, 6.07) is 0.467. The molecule has 0 aliphatic rings. The maximum absolute atomic E-state index is 5.45. The first-order valence-corrected chi connectivity index (χ1v) is 4.76. The fourth-order valence-corrected chi connectivity index (χ4v) is 1.09. The standard InChI is InChI=1S/C11H20N2/c1-3-5-7-11(8-6-9-12)13-10-4-2/h4-5,10-11,13H,1,6-9,12H2,2H3. The largest absolute Gasteiger partial charge is 0.388 e. The van der Waals surface area contributed by atoms with Crippen LogP contribution in [0.5, 0.6) is 0 Å². The lowest BCUT2D eigenvalue weighted by Crippen LogP contribution is -2.24. The van der Waals surface area contributed by atoms with Gasteiger partial charge in [-0.2, -0.15) is 0 Å². The fourth-order valence-electron chi connectivity index (χ4n) is 1.09. The van der Waals surface area contributed by atoms with E-state index in [1.54, 1.807) is 0 Å². The zero-order chi connectivity index (χ0) is 9.94. The summed E-state index contributed by atoms with van der Waals surface area (Å²) in [5.41, 5.74) is 8.23. The van der Waals surface area contributed by atoms with E-state index in [0.29, 0.717) is 6.04 Å². The van der Waals surface area contributed by atoms with Crippen LogP contribution in [0.1, 0.15) is 26.2 Å². The Bertz CT molecular complexity index is 179. The number of rotatable bonds is 7. The van der Waals surface area contributed by atoms with Crippen molar-refractivity contribution in [3.8, 4) is 0 Å². The van der Waals surface area contributed by atoms with Crippen molar-refractivity contribution in [3.05, 3.63) is 30.7 Å². The number of hydrogen-bond acceptors (Lipinski definition) is 2. The monoisotopic (exact) mass is 180 g/mol. The molecule has 0 spiro atoms. The molecule has 0 aromatic rings. The van der Waals surface area contributed by atoms with E-state index in [1.165, 1.54) is 0 Å². The molecule has 0 fully saturated rings. The van der Waals surface area contributed by atoms with Crippen molar-refractivity contribution < 1.29 is 0 Å². The maximum atomic E-state index is 5.45. The molecule has 2 heteroatoms. The zero-order valence-corrected chi connectivity index (χ0v) is 8.42. The van der Waals surface area contributed by atoms with Crippen LogP contribution in [0.15, 0.2) is 30.7 Å². The highest BCUT2D eigenvalue weighted by Crippen LogP contribution is 2.01. The van der Waals surface area contributed by atoms with Crippen LogP contribution in [0.25, 0.3) is 0 Å². The minimum atomic E-state index is 0.467. The van der Waals surface area contributed by atoms with Gasteiger partial charge in [0, 0.05) is 6.04 Å². The number of nitrogens with two attached hydrogens (primary N) is 1. The Hall–Kier alpha value is -0.980. The first kappa shape index (κ1) is 12.0. The van der Waals surface area contributed by atoms with Gasteiger partial charge in [-0.3, -0.25) is 0 Å². The molecule has 2 nitrogen and oxygen atoms in total. The molecular weight excluding hydrogens is 160 g/mol. The lowest BCUT2D eigenvalue weighted by atomic mass is 10.1. The molecule has 1 unspecified atom stereocenters. The molecule has 3 N–H and O–H groups in total. The van der Waals surface area contributed by atoms with Gasteiger partial charge in [-0.1, -0.05) is 12.7 Å². The number of allylic oxidation sites excluding steroid dienone is 1. The van der Waals surface area contributed by atoms with E-state index in [2.05, 4.69) is 17.6 Å². The molecule has 0 bridgehead atoms. The molecule has 0 aliphatic heterocycles. The van der Waals surface area contributed by atoms with Crippen LogP contribution < -0.4 is 11.1 Å². The Kier molecular flexibility index (Phi) is 8.42. The van der Waals surface area contributed by atoms with Crippen LogP contribution in [0.2, 0.25) is 0 Å². The van der Waals surface area contributed by atoms with Gasteiger partial charge in [0.25, 0.3) is 0 Å². The Morgan fingerprint density at radius 2 is 2.38 bits per heavy atom. The van der Waals surface area contributed by atoms with Gasteiger partial charge in [-0.25, -0.2) is 0 Å². The van der Waals surface area contributed by atoms with Crippen LogP contribution in [-0.4, -0.2) is 12.6 Å². The molecule has 0 radical (unpaired) electrons. The highest BCUT2D eigenvalue weighted by Gasteiger charge is 2.02. The van der Waals surface area contributed by atoms with E-state index in [4.69, 9.17) is 5.73 Å². The van der Waals surface area contributed by atoms with E-state index in [-0.39, 0.29) is 0 Å². The van der Waals surface area contributed by atoms with Crippen molar-refractivity contribution in [2.24, 2.45) is 5.73 Å². The van der Waals surface area contributed by atoms with Gasteiger partial charge in [-0.15, -0.1) is 5.73 Å². The Morgan fingerprint density at radius 1 is 1.62 bits per heavy atom. The molecule has 0 saturated heterocycles. The van der Waals surface area contributed by atoms with Crippen molar-refractivity contribution in [3.63, 3.8) is 0 Å². The summed E-state index contributed by atoms with van der Waals surface area (Å²) in [7, 11) is 0. The van der Waals surface area contributed by atoms with Crippen molar-refractivity contribution >= 4 is 0 Å². The van der Waals surface area contributed by atoms with Gasteiger partial charge in [0.2, 0.25) is 0 Å². The van der Waals surface area contributed by atoms with Crippen molar-refractivity contribution in [2.45, 2.75) is 32.2 Å². The van der Waals surface area contributed by atoms with Crippen molar-refractivity contribution in [1.82, 2.24) is 5.32 Å². The maximum Gasteiger partial charge on any atom is 0.0296 e. The summed E-state index contributed by atoms with van der Waals surface area (Å²) < 4.78 is 0. The minimum absolute atomic E-state index is 0.467. The average molecular weight is 180 g/mol. The van der Waals surface area contributed by atoms with Crippen LogP contribution in [-0.2, 0) is 0 Å². The summed E-state index contributed by atoms with van der Waals surface area (Å²) in [5.74, 6) is 0. The molecule has 0 aromatic heterocycles. The second-order valence-corrected chi connectivity index (χ2v) is 2.94. The van der Waals surface area contributed by atoms with Crippen molar-refractivity contribution in [1.29, 1.82) is 0 Å². The fraction of sp³-hybridized carbons (Fsp3) is 0.545. The molecule has 0 aromatic carbocycles. The van der Waals surface area contributed by atoms with Gasteiger partial charge in [0.05, 0.1) is 0 Å². The van der Waals surface area contributed by atoms with E-state index < -0.39 is 0 Å². The highest BCUT2D eigenvalue weighted by atomic mass is 14.9. The lowest BCUT2D eigenvalue weighted by molar-refractivity contribution is 0.530. The van der Waals surface area contributed by atoms with Crippen LogP contribution in [0, 0.1) is 0 Å². The van der Waals surface area contributed by atoms with Gasteiger partial charge >= 0.3 is 0 Å². The molecule has 0 saturated carbocycles. The minimum Gasteiger partial charge on any atom is -0.388 e. The normalized spacial score (nSPS) is 12.5. The van der Waals surface area contributed by atoms with Crippen LogP contribution >= 0.6 is 0 Å². The van der Waals surface area contributed by atoms with E-state index in [9.17, 15) is 0 Å². The summed E-state index contributed by atoms with van der Waals surface area (Å²) in [6.07, 6.45) is 9.04. The predicted octanol–water partition coefficient (Wildman–Crippen LogP) is 1.95. The van der Waals surface area contributed by atoms with E-state index >= 15 is 0 Å². The smallest absolute Gasteiger partial charge is 0.0296 e. The SMILES string of the molecule is C=C=CCC(CCCN)NC=CC. The van der Waals surface area contributed by atoms with Gasteiger partial charge in [0.1, 0.15) is 0 Å². The van der Waals surface area contributed by atoms with E-state index in [1.807, 2.05) is 25.3 Å². The Morgan fingerprint density at radius 3 is 2.92 bits per heavy atom. The molecule has 0 rings (SSSR count). The summed E-state index contributed by atoms with van der Waals surface area (Å²) in [5, 5.41) is 3.30. The topological polar surface area (TPSA) is 38.0 Å². The first-order valence-electron chi connectivity index (χ1n) is 4.76. The molecule has 1 atom stereocenters. The van der Waals surface area contributed by atoms with Crippen molar-refractivity contribution in [2.75, 3.05) is 6.54 Å². The molecular formula is C11H20N2. The summed E-state index contributed by atoms with van der Waals surface area (Å²) >= 11 is 0. The zero-order valence-electron chi connectivity index (χ0n) is 8.42. The van der Waals surface area contributed by atoms with Gasteiger partial charge < -0.3 is 11.1 Å². The predicted molar refractivity (Wildman–Crippen MR) is 58.4 cm³/mol. The lowest BCUT2D eigenvalue weighted by Gasteiger charge is -2.14. The third kappa shape index (κ3) is 7.38. The third-order valence-corrected chi connectivity index (χ3v) is 1.80. The van der Waals surface area contributed by atoms with Crippen LogP contribution in [0.3, 0.4) is 0 Å². The Balaban J connectivity index is 3.78. The molecule has 74 valence electrons. The van der Waals surface area contributed by atoms with E-state index in [0.717, 1.165) is 25.8 Å². The highest BCUT2D eigenvalue weighted by molar-refractivity contribution is 4.86. The Labute approximate surface area is 81.2 Å². The summed E-state index contributed by atoms with van der Waals surface area (Å²) in [6.45, 7) is 6.29. The quantitative estimate of drug-likeness (QED) is 0.588. The summed E-state index contributed by atoms with van der Waals surface area (Å²) in [4.78, 5) is 0. The van der Waals surface area contributed by atoms with Gasteiger partial charge in [-0.05, 0) is 45.0 Å². The second-order valence-electron chi connectivity index (χ2n) is 2.94. The molecule has 0 aliphatic carbocycles. The first-order chi connectivity index (χ1) is 6.35. The third-order valence-electron chi connectivity index (χ3n) is 1.80. The number of nitrogens with one attached hydrogen (secondary N) is 1.